The first-order chi connectivity index (χ1) is 12.9. The number of nitrogens with one attached hydrogen (secondary N) is 2. The van der Waals surface area contributed by atoms with Crippen LogP contribution in [-0.4, -0.2) is 32.5 Å². The Morgan fingerprint density at radius 1 is 1.07 bits per heavy atom. The molecule has 2 aromatic carbocycles. The number of hydrogen-bond donors (Lipinski definition) is 2. The van der Waals surface area contributed by atoms with Crippen molar-refractivity contribution in [3.05, 3.63) is 59.1 Å². The molecule has 27 heavy (non-hydrogen) atoms. The molecule has 0 aromatic heterocycles. The van der Waals surface area contributed by atoms with Gasteiger partial charge in [0.15, 0.2) is 0 Å². The van der Waals surface area contributed by atoms with Gasteiger partial charge in [0.05, 0.1) is 12.5 Å². The first kappa shape index (κ1) is 19.2. The fourth-order valence-corrected chi connectivity index (χ4v) is 3.19. The van der Waals surface area contributed by atoms with Crippen molar-refractivity contribution in [3.63, 3.8) is 0 Å². The molecular formula is C21H24ClN3O2. The number of benzene rings is 2. The van der Waals surface area contributed by atoms with Gasteiger partial charge in [0.25, 0.3) is 0 Å². The predicted molar refractivity (Wildman–Crippen MR) is 109 cm³/mol. The zero-order valence-corrected chi connectivity index (χ0v) is 16.3. The van der Waals surface area contributed by atoms with Gasteiger partial charge in [0.2, 0.25) is 11.8 Å². The molecule has 1 unspecified atom stereocenters. The van der Waals surface area contributed by atoms with Crippen LogP contribution in [0, 0.1) is 5.92 Å². The van der Waals surface area contributed by atoms with E-state index in [0.717, 1.165) is 24.1 Å². The first-order valence-corrected chi connectivity index (χ1v) is 9.42. The number of rotatable bonds is 7. The molecule has 3 rings (SSSR count). The second-order valence-electron chi connectivity index (χ2n) is 7.07. The molecule has 1 saturated carbocycles. The number of anilines is 2. The average Bonchev–Trinajstić information content (AvgIpc) is 3.47. The van der Waals surface area contributed by atoms with Gasteiger partial charge < -0.3 is 15.5 Å². The maximum Gasteiger partial charge on any atom is 0.243 e. The van der Waals surface area contributed by atoms with Crippen LogP contribution in [0.4, 0.5) is 11.4 Å². The number of nitrogens with zero attached hydrogens (tertiary/aromatic N) is 1. The maximum absolute atomic E-state index is 12.7. The van der Waals surface area contributed by atoms with Crippen LogP contribution in [0.5, 0.6) is 0 Å². The molecule has 1 atom stereocenters. The van der Waals surface area contributed by atoms with E-state index in [4.69, 9.17) is 11.6 Å². The van der Waals surface area contributed by atoms with Crippen molar-refractivity contribution in [2.75, 3.05) is 30.9 Å². The van der Waals surface area contributed by atoms with Gasteiger partial charge in [0, 0.05) is 30.5 Å². The second kappa shape index (κ2) is 8.44. The normalized spacial score (nSPS) is 14.3. The van der Waals surface area contributed by atoms with Crippen LogP contribution < -0.4 is 15.5 Å². The number of carbonyl (C=O) groups is 2. The largest absolute Gasteiger partial charge is 0.378 e. The molecule has 0 spiro atoms. The van der Waals surface area contributed by atoms with E-state index in [1.54, 1.807) is 12.1 Å². The van der Waals surface area contributed by atoms with Crippen LogP contribution in [0.1, 0.15) is 24.3 Å². The highest BCUT2D eigenvalue weighted by atomic mass is 35.5. The molecule has 142 valence electrons. The van der Waals surface area contributed by atoms with E-state index in [1.165, 1.54) is 0 Å². The Bertz CT molecular complexity index is 799. The Labute approximate surface area is 164 Å². The molecule has 1 fully saturated rings. The molecule has 0 saturated heterocycles. The third-order valence-electron chi connectivity index (χ3n) is 4.70. The quantitative estimate of drug-likeness (QED) is 0.764. The molecule has 1 aliphatic carbocycles. The van der Waals surface area contributed by atoms with Gasteiger partial charge in [-0.3, -0.25) is 9.59 Å². The number of amides is 2. The van der Waals surface area contributed by atoms with Crippen molar-refractivity contribution in [2.45, 2.75) is 18.8 Å². The average molecular weight is 386 g/mol. The fraction of sp³-hybridized carbons (Fsp3) is 0.333. The van der Waals surface area contributed by atoms with Crippen molar-refractivity contribution >= 4 is 34.8 Å². The molecule has 6 heteroatoms. The molecule has 2 N–H and O–H groups in total. The van der Waals surface area contributed by atoms with Gasteiger partial charge >= 0.3 is 0 Å². The van der Waals surface area contributed by atoms with E-state index in [9.17, 15) is 9.59 Å². The van der Waals surface area contributed by atoms with Crippen molar-refractivity contribution < 1.29 is 9.59 Å². The van der Waals surface area contributed by atoms with Gasteiger partial charge in [-0.2, -0.15) is 0 Å². The monoisotopic (exact) mass is 385 g/mol. The third-order valence-corrected chi connectivity index (χ3v) is 4.95. The molecule has 0 bridgehead atoms. The predicted octanol–water partition coefficient (Wildman–Crippen LogP) is 3.65. The lowest BCUT2D eigenvalue weighted by atomic mass is 9.93. The molecule has 2 amide bonds. The Morgan fingerprint density at radius 2 is 1.70 bits per heavy atom. The minimum Gasteiger partial charge on any atom is -0.378 e. The number of carbonyl (C=O) groups excluding carboxylic acids is 2. The van der Waals surface area contributed by atoms with Gasteiger partial charge in [-0.1, -0.05) is 23.7 Å². The second-order valence-corrected chi connectivity index (χ2v) is 7.51. The van der Waals surface area contributed by atoms with E-state index in [0.29, 0.717) is 16.6 Å². The molecule has 0 radical (unpaired) electrons. The molecular weight excluding hydrogens is 362 g/mol. The summed E-state index contributed by atoms with van der Waals surface area (Å²) in [4.78, 5) is 26.8. The van der Waals surface area contributed by atoms with E-state index in [-0.39, 0.29) is 24.3 Å². The maximum atomic E-state index is 12.7. The van der Waals surface area contributed by atoms with Gasteiger partial charge in [0.1, 0.15) is 0 Å². The van der Waals surface area contributed by atoms with Gasteiger partial charge in [-0.15, -0.1) is 0 Å². The Hall–Kier alpha value is -2.53. The number of hydrogen-bond acceptors (Lipinski definition) is 3. The van der Waals surface area contributed by atoms with Gasteiger partial charge in [-0.25, -0.2) is 0 Å². The van der Waals surface area contributed by atoms with E-state index in [2.05, 4.69) is 10.6 Å². The minimum atomic E-state index is -0.244. The van der Waals surface area contributed by atoms with E-state index >= 15 is 0 Å². The van der Waals surface area contributed by atoms with E-state index < -0.39 is 0 Å². The van der Waals surface area contributed by atoms with Crippen LogP contribution in [0.15, 0.2) is 48.5 Å². The minimum absolute atomic E-state index is 0.0505. The first-order valence-electron chi connectivity index (χ1n) is 9.04. The molecule has 2 aromatic rings. The van der Waals surface area contributed by atoms with Crippen molar-refractivity contribution in [1.29, 1.82) is 0 Å². The fourth-order valence-electron chi connectivity index (χ4n) is 3.06. The summed E-state index contributed by atoms with van der Waals surface area (Å²) >= 11 is 5.94. The Balaban J connectivity index is 1.55. The van der Waals surface area contributed by atoms with E-state index in [1.807, 2.05) is 55.4 Å². The standard InChI is InChI=1S/C21H24ClN3O2/c1-25(2)18-11-9-17(10-12-18)24-19(26)13-23-21(27)20(14-3-4-14)15-5-7-16(22)8-6-15/h5-12,14,20H,3-4,13H2,1-2H3,(H,23,27)(H,24,26). The highest BCUT2D eigenvalue weighted by molar-refractivity contribution is 6.30. The summed E-state index contributed by atoms with van der Waals surface area (Å²) in [5.74, 6) is -0.244. The molecule has 1 aliphatic rings. The van der Waals surface area contributed by atoms with Crippen molar-refractivity contribution in [1.82, 2.24) is 5.32 Å². The lowest BCUT2D eigenvalue weighted by Crippen LogP contribution is -2.36. The Morgan fingerprint density at radius 3 is 2.26 bits per heavy atom. The zero-order valence-electron chi connectivity index (χ0n) is 15.5. The summed E-state index contributed by atoms with van der Waals surface area (Å²) < 4.78 is 0. The SMILES string of the molecule is CN(C)c1ccc(NC(=O)CNC(=O)C(c2ccc(Cl)cc2)C2CC2)cc1. The van der Waals surface area contributed by atoms with Crippen molar-refractivity contribution in [3.8, 4) is 0 Å². The van der Waals surface area contributed by atoms with Crippen LogP contribution >= 0.6 is 11.6 Å². The zero-order chi connectivity index (χ0) is 19.4. The lowest BCUT2D eigenvalue weighted by molar-refractivity contribution is -0.125. The Kier molecular flexibility index (Phi) is 6.01. The molecule has 5 nitrogen and oxygen atoms in total. The van der Waals surface area contributed by atoms with Crippen LogP contribution in [0.2, 0.25) is 5.02 Å². The highest BCUT2D eigenvalue weighted by Crippen LogP contribution is 2.42. The molecule has 0 heterocycles. The summed E-state index contributed by atoms with van der Waals surface area (Å²) in [5, 5.41) is 6.23. The summed E-state index contributed by atoms with van der Waals surface area (Å²) in [7, 11) is 3.92. The summed E-state index contributed by atoms with van der Waals surface area (Å²) in [6.07, 6.45) is 2.07. The van der Waals surface area contributed by atoms with Gasteiger partial charge in [-0.05, 0) is 60.7 Å². The summed E-state index contributed by atoms with van der Waals surface area (Å²) in [6.45, 7) is -0.0505. The van der Waals surface area contributed by atoms with Crippen LogP contribution in [0.3, 0.4) is 0 Å². The smallest absolute Gasteiger partial charge is 0.243 e. The third kappa shape index (κ3) is 5.23. The number of halogens is 1. The lowest BCUT2D eigenvalue weighted by Gasteiger charge is -2.17. The topological polar surface area (TPSA) is 61.4 Å². The van der Waals surface area contributed by atoms with Crippen LogP contribution in [0.25, 0.3) is 0 Å². The van der Waals surface area contributed by atoms with Crippen molar-refractivity contribution in [2.24, 2.45) is 5.92 Å². The summed E-state index contributed by atoms with van der Waals surface area (Å²) in [6, 6.07) is 14.9. The summed E-state index contributed by atoms with van der Waals surface area (Å²) in [5.41, 5.74) is 2.70. The highest BCUT2D eigenvalue weighted by Gasteiger charge is 2.37. The van der Waals surface area contributed by atoms with Crippen LogP contribution in [-0.2, 0) is 9.59 Å². The molecule has 0 aliphatic heterocycles.